The van der Waals surface area contributed by atoms with Crippen molar-refractivity contribution in [2.45, 2.75) is 25.3 Å². The zero-order valence-electron chi connectivity index (χ0n) is 12.4. The van der Waals surface area contributed by atoms with Crippen molar-refractivity contribution in [3.05, 3.63) is 59.7 Å². The molecule has 1 saturated carbocycles. The highest BCUT2D eigenvalue weighted by Gasteiger charge is 2.28. The Hall–Kier alpha value is -2.89. The second kappa shape index (κ2) is 5.72. The zero-order chi connectivity index (χ0) is 15.6. The van der Waals surface area contributed by atoms with Crippen LogP contribution in [0.3, 0.4) is 0 Å². The predicted octanol–water partition coefficient (Wildman–Crippen LogP) is 3.14. The number of nitrogens with zero attached hydrogens (tertiary/aromatic N) is 2. The summed E-state index contributed by atoms with van der Waals surface area (Å²) in [7, 11) is 0. The van der Waals surface area contributed by atoms with Crippen LogP contribution in [0.15, 0.2) is 51.5 Å². The summed E-state index contributed by atoms with van der Waals surface area (Å²) in [6.45, 7) is 0.254. The molecule has 23 heavy (non-hydrogen) atoms. The molecule has 2 heterocycles. The second-order valence-corrected chi connectivity index (χ2v) is 5.62. The molecule has 0 unspecified atom stereocenters. The third kappa shape index (κ3) is 3.01. The molecule has 2 aromatic heterocycles. The number of amides is 1. The number of hydrogen-bond acceptors (Lipinski definition) is 5. The van der Waals surface area contributed by atoms with E-state index in [4.69, 9.17) is 9.05 Å². The normalized spacial score (nSPS) is 13.9. The third-order valence-corrected chi connectivity index (χ3v) is 3.79. The average Bonchev–Trinajstić information content (AvgIpc) is 3.14. The largest absolute Gasteiger partial charge is 0.360 e. The molecule has 0 aliphatic heterocycles. The number of nitrogens with one attached hydrogen (secondary N) is 1. The van der Waals surface area contributed by atoms with Crippen molar-refractivity contribution in [3.8, 4) is 11.3 Å². The lowest BCUT2D eigenvalue weighted by Gasteiger charge is -1.97. The Balaban J connectivity index is 1.38. The SMILES string of the molecule is O=C(NCc1cc(-c2ccccc2)no1)c1cc(C2CC2)on1. The van der Waals surface area contributed by atoms with Gasteiger partial charge in [0.25, 0.3) is 5.91 Å². The Morgan fingerprint density at radius 1 is 1.13 bits per heavy atom. The summed E-state index contributed by atoms with van der Waals surface area (Å²) in [5, 5.41) is 10.6. The van der Waals surface area contributed by atoms with Crippen molar-refractivity contribution in [2.24, 2.45) is 0 Å². The highest BCUT2D eigenvalue weighted by molar-refractivity contribution is 5.92. The Morgan fingerprint density at radius 2 is 1.96 bits per heavy atom. The maximum Gasteiger partial charge on any atom is 0.273 e. The van der Waals surface area contributed by atoms with E-state index in [0.717, 1.165) is 29.9 Å². The molecule has 0 radical (unpaired) electrons. The lowest BCUT2D eigenvalue weighted by Crippen LogP contribution is -2.22. The van der Waals surface area contributed by atoms with Gasteiger partial charge in [0.05, 0.1) is 6.54 Å². The lowest BCUT2D eigenvalue weighted by molar-refractivity contribution is 0.0938. The van der Waals surface area contributed by atoms with Crippen molar-refractivity contribution in [2.75, 3.05) is 0 Å². The molecular weight excluding hydrogens is 294 g/mol. The van der Waals surface area contributed by atoms with E-state index in [1.54, 1.807) is 6.07 Å². The molecule has 0 atom stereocenters. The number of benzene rings is 1. The number of carbonyl (C=O) groups is 1. The molecule has 0 spiro atoms. The first kappa shape index (κ1) is 13.8. The Bertz CT molecular complexity index is 818. The predicted molar refractivity (Wildman–Crippen MR) is 81.6 cm³/mol. The van der Waals surface area contributed by atoms with Crippen LogP contribution in [-0.2, 0) is 6.54 Å². The molecule has 116 valence electrons. The quantitative estimate of drug-likeness (QED) is 0.783. The third-order valence-electron chi connectivity index (χ3n) is 3.79. The molecule has 1 amide bonds. The highest BCUT2D eigenvalue weighted by Crippen LogP contribution is 2.40. The van der Waals surface area contributed by atoms with Gasteiger partial charge in [-0.05, 0) is 12.8 Å². The van der Waals surface area contributed by atoms with Gasteiger partial charge in [-0.3, -0.25) is 4.79 Å². The molecule has 3 aromatic rings. The second-order valence-electron chi connectivity index (χ2n) is 5.62. The minimum atomic E-state index is -0.279. The van der Waals surface area contributed by atoms with E-state index in [0.29, 0.717) is 17.4 Å². The van der Waals surface area contributed by atoms with E-state index >= 15 is 0 Å². The van der Waals surface area contributed by atoms with E-state index in [-0.39, 0.29) is 12.5 Å². The molecular formula is C17H15N3O3. The van der Waals surface area contributed by atoms with Crippen LogP contribution in [-0.4, -0.2) is 16.2 Å². The lowest BCUT2D eigenvalue weighted by atomic mass is 10.1. The minimum absolute atomic E-state index is 0.254. The molecule has 6 heteroatoms. The summed E-state index contributed by atoms with van der Waals surface area (Å²) in [6.07, 6.45) is 2.22. The number of hydrogen-bond donors (Lipinski definition) is 1. The van der Waals surface area contributed by atoms with Crippen LogP contribution in [0.25, 0.3) is 11.3 Å². The van der Waals surface area contributed by atoms with E-state index < -0.39 is 0 Å². The first-order valence-electron chi connectivity index (χ1n) is 7.55. The molecule has 1 aliphatic carbocycles. The van der Waals surface area contributed by atoms with Gasteiger partial charge in [0.1, 0.15) is 11.5 Å². The maximum absolute atomic E-state index is 12.1. The smallest absolute Gasteiger partial charge is 0.273 e. The van der Waals surface area contributed by atoms with E-state index in [9.17, 15) is 4.79 Å². The first-order chi connectivity index (χ1) is 11.3. The fourth-order valence-electron chi connectivity index (χ4n) is 2.36. The van der Waals surface area contributed by atoms with Crippen LogP contribution in [0.5, 0.6) is 0 Å². The fraction of sp³-hybridized carbons (Fsp3) is 0.235. The monoisotopic (exact) mass is 309 g/mol. The molecule has 6 nitrogen and oxygen atoms in total. The van der Waals surface area contributed by atoms with Gasteiger partial charge in [-0.1, -0.05) is 40.6 Å². The summed E-state index contributed by atoms with van der Waals surface area (Å²) in [5.74, 6) is 1.54. The zero-order valence-corrected chi connectivity index (χ0v) is 12.4. The summed E-state index contributed by atoms with van der Waals surface area (Å²) >= 11 is 0. The van der Waals surface area contributed by atoms with E-state index in [1.165, 1.54) is 0 Å². The first-order valence-corrected chi connectivity index (χ1v) is 7.55. The van der Waals surface area contributed by atoms with Crippen LogP contribution in [0.2, 0.25) is 0 Å². The van der Waals surface area contributed by atoms with Crippen LogP contribution < -0.4 is 5.32 Å². The molecule has 1 aromatic carbocycles. The molecule has 1 N–H and O–H groups in total. The van der Waals surface area contributed by atoms with Crippen LogP contribution in [0.4, 0.5) is 0 Å². The van der Waals surface area contributed by atoms with E-state index in [2.05, 4.69) is 15.6 Å². The molecule has 0 saturated heterocycles. The topological polar surface area (TPSA) is 81.2 Å². The van der Waals surface area contributed by atoms with Crippen molar-refractivity contribution < 1.29 is 13.8 Å². The van der Waals surface area contributed by atoms with Gasteiger partial charge in [-0.15, -0.1) is 0 Å². The minimum Gasteiger partial charge on any atom is -0.360 e. The van der Waals surface area contributed by atoms with Crippen molar-refractivity contribution in [1.29, 1.82) is 0 Å². The summed E-state index contributed by atoms with van der Waals surface area (Å²) < 4.78 is 10.4. The van der Waals surface area contributed by atoms with Gasteiger partial charge in [-0.25, -0.2) is 0 Å². The average molecular weight is 309 g/mol. The Kier molecular flexibility index (Phi) is 3.42. The van der Waals surface area contributed by atoms with Crippen LogP contribution in [0.1, 0.15) is 40.8 Å². The summed E-state index contributed by atoms with van der Waals surface area (Å²) in [6, 6.07) is 13.3. The van der Waals surface area contributed by atoms with Gasteiger partial charge in [-0.2, -0.15) is 0 Å². The van der Waals surface area contributed by atoms with Crippen molar-refractivity contribution in [1.82, 2.24) is 15.6 Å². The van der Waals surface area contributed by atoms with Crippen LogP contribution in [0, 0.1) is 0 Å². The number of rotatable bonds is 5. The molecule has 1 aliphatic rings. The van der Waals surface area contributed by atoms with Crippen molar-refractivity contribution in [3.63, 3.8) is 0 Å². The van der Waals surface area contributed by atoms with Crippen LogP contribution >= 0.6 is 0 Å². The van der Waals surface area contributed by atoms with Gasteiger partial charge in [0.15, 0.2) is 11.5 Å². The summed E-state index contributed by atoms with van der Waals surface area (Å²) in [5.41, 5.74) is 2.02. The van der Waals surface area contributed by atoms with Gasteiger partial charge in [0, 0.05) is 23.6 Å². The number of aromatic nitrogens is 2. The number of carbonyl (C=O) groups excluding carboxylic acids is 1. The standard InChI is InChI=1S/C17H15N3O3/c21-17(15-9-16(23-20-15)12-6-7-12)18-10-13-8-14(19-22-13)11-4-2-1-3-5-11/h1-5,8-9,12H,6-7,10H2,(H,18,21). The fourth-order valence-corrected chi connectivity index (χ4v) is 2.36. The Morgan fingerprint density at radius 3 is 2.74 bits per heavy atom. The molecule has 0 bridgehead atoms. The maximum atomic E-state index is 12.1. The summed E-state index contributed by atoms with van der Waals surface area (Å²) in [4.78, 5) is 12.1. The highest BCUT2D eigenvalue weighted by atomic mass is 16.5. The van der Waals surface area contributed by atoms with Gasteiger partial charge < -0.3 is 14.4 Å². The Labute approximate surface area is 132 Å². The van der Waals surface area contributed by atoms with E-state index in [1.807, 2.05) is 36.4 Å². The van der Waals surface area contributed by atoms with Gasteiger partial charge >= 0.3 is 0 Å². The molecule has 1 fully saturated rings. The van der Waals surface area contributed by atoms with Crippen molar-refractivity contribution >= 4 is 5.91 Å². The molecule has 4 rings (SSSR count). The van der Waals surface area contributed by atoms with Gasteiger partial charge in [0.2, 0.25) is 0 Å².